The fourth-order valence-corrected chi connectivity index (χ4v) is 4.22. The van der Waals surface area contributed by atoms with Crippen molar-refractivity contribution in [3.05, 3.63) is 81.9 Å². The second-order valence-electron chi connectivity index (χ2n) is 7.70. The second-order valence-corrected chi connectivity index (χ2v) is 8.65. The van der Waals surface area contributed by atoms with Crippen LogP contribution in [0, 0.1) is 0 Å². The van der Waals surface area contributed by atoms with Gasteiger partial charge in [0, 0.05) is 22.7 Å². The van der Waals surface area contributed by atoms with Crippen LogP contribution in [0.3, 0.4) is 0 Å². The van der Waals surface area contributed by atoms with Gasteiger partial charge in [0.15, 0.2) is 5.78 Å². The first-order chi connectivity index (χ1) is 16.6. The van der Waals surface area contributed by atoms with Gasteiger partial charge in [-0.05, 0) is 43.2 Å². The van der Waals surface area contributed by atoms with Crippen molar-refractivity contribution >= 4 is 23.1 Å². The molecule has 0 fully saturated rings. The van der Waals surface area contributed by atoms with Crippen molar-refractivity contribution in [1.29, 1.82) is 0 Å². The van der Waals surface area contributed by atoms with Crippen LogP contribution in [0.15, 0.2) is 60.2 Å². The summed E-state index contributed by atoms with van der Waals surface area (Å²) in [7, 11) is 0. The van der Waals surface area contributed by atoms with E-state index in [4.69, 9.17) is 4.74 Å². The minimum Gasteiger partial charge on any atom is -0.462 e. The molecule has 0 unspecified atom stereocenters. The number of benzene rings is 2. The Morgan fingerprint density at radius 3 is 2.40 bits per heavy atom. The van der Waals surface area contributed by atoms with Crippen molar-refractivity contribution in [1.82, 2.24) is 14.8 Å². The Balaban J connectivity index is 1.64. The number of esters is 1. The number of hydrogen-bond acceptors (Lipinski definition) is 6. The summed E-state index contributed by atoms with van der Waals surface area (Å²) >= 11 is 1.28. The van der Waals surface area contributed by atoms with E-state index in [-0.39, 0.29) is 18.9 Å². The zero-order valence-corrected chi connectivity index (χ0v) is 19.6. The summed E-state index contributed by atoms with van der Waals surface area (Å²) in [4.78, 5) is 27.8. The smallest absolute Gasteiger partial charge is 0.416 e. The van der Waals surface area contributed by atoms with Crippen molar-refractivity contribution in [2.45, 2.75) is 26.6 Å². The lowest BCUT2D eigenvalue weighted by Gasteiger charge is -2.12. The van der Waals surface area contributed by atoms with E-state index in [1.54, 1.807) is 42.6 Å². The second kappa shape index (κ2) is 9.83. The number of carbonyl (C=O) groups is 2. The third-order valence-electron chi connectivity index (χ3n) is 5.17. The predicted octanol–water partition coefficient (Wildman–Crippen LogP) is 6.12. The average molecular weight is 500 g/mol. The SMILES string of the molecule is CCOC(=O)c1cnn(Cc2nc(-c3cc(-c4ccc(C(C)=O)cc4)cc(C(F)(F)F)c3)cs2)c1. The van der Waals surface area contributed by atoms with E-state index in [0.717, 1.165) is 12.1 Å². The summed E-state index contributed by atoms with van der Waals surface area (Å²) in [6, 6.07) is 10.2. The zero-order chi connectivity index (χ0) is 25.2. The van der Waals surface area contributed by atoms with E-state index < -0.39 is 17.7 Å². The van der Waals surface area contributed by atoms with Gasteiger partial charge in [0.25, 0.3) is 0 Å². The number of rotatable bonds is 7. The summed E-state index contributed by atoms with van der Waals surface area (Å²) in [5.74, 6) is -0.603. The highest BCUT2D eigenvalue weighted by molar-refractivity contribution is 7.09. The highest BCUT2D eigenvalue weighted by Crippen LogP contribution is 2.36. The molecule has 4 aromatic rings. The van der Waals surface area contributed by atoms with Crippen LogP contribution in [-0.2, 0) is 17.5 Å². The molecular formula is C25H20F3N3O3S. The van der Waals surface area contributed by atoms with E-state index in [1.165, 1.54) is 35.3 Å². The van der Waals surface area contributed by atoms with Gasteiger partial charge in [-0.25, -0.2) is 9.78 Å². The molecule has 0 radical (unpaired) electrons. The van der Waals surface area contributed by atoms with Gasteiger partial charge in [0.05, 0.1) is 36.2 Å². The van der Waals surface area contributed by atoms with E-state index in [1.807, 2.05) is 0 Å². The molecule has 35 heavy (non-hydrogen) atoms. The molecule has 0 aliphatic carbocycles. The van der Waals surface area contributed by atoms with Gasteiger partial charge in [0.2, 0.25) is 0 Å². The van der Waals surface area contributed by atoms with Crippen molar-refractivity contribution in [3.63, 3.8) is 0 Å². The lowest BCUT2D eigenvalue weighted by atomic mass is 9.97. The molecule has 0 atom stereocenters. The van der Waals surface area contributed by atoms with Gasteiger partial charge in [-0.1, -0.05) is 24.3 Å². The number of hydrogen-bond donors (Lipinski definition) is 0. The van der Waals surface area contributed by atoms with Crippen LogP contribution in [0.4, 0.5) is 13.2 Å². The summed E-state index contributed by atoms with van der Waals surface area (Å²) in [6.45, 7) is 3.64. The summed E-state index contributed by atoms with van der Waals surface area (Å²) < 4.78 is 47.4. The van der Waals surface area contributed by atoms with Crippen LogP contribution >= 0.6 is 11.3 Å². The first-order valence-corrected chi connectivity index (χ1v) is 11.5. The van der Waals surface area contributed by atoms with Gasteiger partial charge >= 0.3 is 12.1 Å². The molecule has 0 bridgehead atoms. The number of ether oxygens (including phenoxy) is 1. The van der Waals surface area contributed by atoms with Crippen LogP contribution in [-0.4, -0.2) is 33.1 Å². The standard InChI is InChI=1S/C25H20F3N3O3S/c1-3-34-24(33)20-11-29-31(12-20)13-23-30-22(14-35-23)19-8-18(9-21(10-19)25(26,27)28)17-6-4-16(5-7-17)15(2)32/h4-12,14H,3,13H2,1-2H3. The van der Waals surface area contributed by atoms with Crippen molar-refractivity contribution < 1.29 is 27.5 Å². The maximum atomic E-state index is 13.7. The third-order valence-corrected chi connectivity index (χ3v) is 6.01. The normalized spacial score (nSPS) is 11.5. The Bertz CT molecular complexity index is 1370. The number of thiazole rings is 1. The van der Waals surface area contributed by atoms with Crippen molar-refractivity contribution in [2.24, 2.45) is 0 Å². The Kier molecular flexibility index (Phi) is 6.83. The lowest BCUT2D eigenvalue weighted by molar-refractivity contribution is -0.137. The topological polar surface area (TPSA) is 74.1 Å². The molecule has 0 saturated carbocycles. The minimum atomic E-state index is -4.54. The summed E-state index contributed by atoms with van der Waals surface area (Å²) in [5, 5.41) is 6.42. The maximum Gasteiger partial charge on any atom is 0.416 e. The molecule has 0 amide bonds. The number of halogens is 3. The molecule has 6 nitrogen and oxygen atoms in total. The van der Waals surface area contributed by atoms with Gasteiger partial charge < -0.3 is 4.74 Å². The van der Waals surface area contributed by atoms with Crippen LogP contribution < -0.4 is 0 Å². The van der Waals surface area contributed by atoms with Crippen LogP contribution in [0.1, 0.15) is 45.1 Å². The van der Waals surface area contributed by atoms with Crippen LogP contribution in [0.25, 0.3) is 22.4 Å². The van der Waals surface area contributed by atoms with E-state index in [0.29, 0.717) is 38.5 Å². The average Bonchev–Trinajstić information content (AvgIpc) is 3.49. The molecule has 2 aromatic heterocycles. The molecule has 10 heteroatoms. The Morgan fingerprint density at radius 1 is 1.03 bits per heavy atom. The number of aromatic nitrogens is 3. The maximum absolute atomic E-state index is 13.7. The number of Topliss-reactive ketones (excluding diaryl/α,β-unsaturated/α-hetero) is 1. The molecule has 0 aliphatic heterocycles. The summed E-state index contributed by atoms with van der Waals surface area (Å²) in [6.07, 6.45) is -1.61. The number of ketones is 1. The molecule has 4 rings (SSSR count). The molecule has 2 aromatic carbocycles. The lowest BCUT2D eigenvalue weighted by Crippen LogP contribution is -2.05. The van der Waals surface area contributed by atoms with Gasteiger partial charge in [0.1, 0.15) is 5.01 Å². The van der Waals surface area contributed by atoms with Gasteiger partial charge in [-0.2, -0.15) is 18.3 Å². The van der Waals surface area contributed by atoms with Gasteiger partial charge in [-0.15, -0.1) is 11.3 Å². The molecule has 0 aliphatic rings. The quantitative estimate of drug-likeness (QED) is 0.226. The molecule has 0 saturated heterocycles. The molecular weight excluding hydrogens is 479 g/mol. The van der Waals surface area contributed by atoms with E-state index >= 15 is 0 Å². The monoisotopic (exact) mass is 499 g/mol. The largest absolute Gasteiger partial charge is 0.462 e. The highest BCUT2D eigenvalue weighted by atomic mass is 32.1. The van der Waals surface area contributed by atoms with Crippen LogP contribution in [0.5, 0.6) is 0 Å². The number of carbonyl (C=O) groups excluding carboxylic acids is 2. The molecule has 0 N–H and O–H groups in total. The Hall–Kier alpha value is -3.79. The molecule has 2 heterocycles. The predicted molar refractivity (Wildman–Crippen MR) is 125 cm³/mol. The first-order valence-electron chi connectivity index (χ1n) is 10.6. The van der Waals surface area contributed by atoms with Crippen molar-refractivity contribution in [2.75, 3.05) is 6.61 Å². The summed E-state index contributed by atoms with van der Waals surface area (Å²) in [5.41, 5.74) is 1.64. The third kappa shape index (κ3) is 5.65. The Morgan fingerprint density at radius 2 is 1.74 bits per heavy atom. The van der Waals surface area contributed by atoms with Crippen molar-refractivity contribution in [3.8, 4) is 22.4 Å². The molecule has 0 spiro atoms. The zero-order valence-electron chi connectivity index (χ0n) is 18.8. The number of nitrogens with zero attached hydrogens (tertiary/aromatic N) is 3. The van der Waals surface area contributed by atoms with Crippen LogP contribution in [0.2, 0.25) is 0 Å². The van der Waals surface area contributed by atoms with E-state index in [9.17, 15) is 22.8 Å². The fourth-order valence-electron chi connectivity index (χ4n) is 3.43. The number of alkyl halides is 3. The first kappa shape index (κ1) is 24.3. The highest BCUT2D eigenvalue weighted by Gasteiger charge is 2.31. The van der Waals surface area contributed by atoms with Gasteiger partial charge in [-0.3, -0.25) is 9.48 Å². The molecule has 180 valence electrons. The van der Waals surface area contributed by atoms with E-state index in [2.05, 4.69) is 10.1 Å². The fraction of sp³-hybridized carbons (Fsp3) is 0.200. The minimum absolute atomic E-state index is 0.122. The Labute approximate surface area is 203 Å².